The third-order valence-corrected chi connectivity index (χ3v) is 2.63. The third-order valence-electron chi connectivity index (χ3n) is 2.63. The number of rotatable bonds is 8. The van der Waals surface area contributed by atoms with Crippen molar-refractivity contribution in [2.45, 2.75) is 19.3 Å². The Kier molecular flexibility index (Phi) is 6.00. The van der Waals surface area contributed by atoms with Gasteiger partial charge in [0.2, 0.25) is 0 Å². The molecule has 0 aliphatic heterocycles. The molecule has 0 saturated carbocycles. The average molecular weight is 252 g/mol. The van der Waals surface area contributed by atoms with Gasteiger partial charge in [0.05, 0.1) is 12.8 Å². The number of carbonyl (C=O) groups is 1. The van der Waals surface area contributed by atoms with Crippen LogP contribution in [0, 0.1) is 0 Å². The van der Waals surface area contributed by atoms with Crippen molar-refractivity contribution in [3.63, 3.8) is 0 Å². The summed E-state index contributed by atoms with van der Waals surface area (Å²) in [6.07, 6.45) is 1.73. The summed E-state index contributed by atoms with van der Waals surface area (Å²) in [6, 6.07) is 5.74. The molecular formula is C13H20N2O3. The van der Waals surface area contributed by atoms with Crippen molar-refractivity contribution in [2.24, 2.45) is 0 Å². The van der Waals surface area contributed by atoms with Crippen molar-refractivity contribution in [2.75, 3.05) is 25.9 Å². The summed E-state index contributed by atoms with van der Waals surface area (Å²) < 4.78 is 5.08. The highest BCUT2D eigenvalue weighted by atomic mass is 16.5. The van der Waals surface area contributed by atoms with Gasteiger partial charge in [-0.1, -0.05) is 6.07 Å². The van der Waals surface area contributed by atoms with Crippen LogP contribution in [0.25, 0.3) is 0 Å². The molecule has 1 rings (SSSR count). The molecule has 1 aromatic rings. The smallest absolute Gasteiger partial charge is 0.303 e. The lowest BCUT2D eigenvalue weighted by Crippen LogP contribution is -2.19. The lowest BCUT2D eigenvalue weighted by molar-refractivity contribution is -0.137. The Hall–Kier alpha value is -1.75. The molecule has 0 fully saturated rings. The number of nitrogens with one attached hydrogen (secondary N) is 1. The van der Waals surface area contributed by atoms with Gasteiger partial charge >= 0.3 is 5.97 Å². The van der Waals surface area contributed by atoms with Crippen LogP contribution in [-0.2, 0) is 11.2 Å². The normalized spacial score (nSPS) is 10.3. The number of benzene rings is 1. The standard InChI is InChI=1S/C13H20N2O3/c1-18-12-5-4-10(9-11(12)14)6-8-15-7-2-3-13(16)17/h4-5,9,15H,2-3,6-8,14H2,1H3,(H,16,17). The van der Waals surface area contributed by atoms with E-state index in [1.54, 1.807) is 7.11 Å². The van der Waals surface area contributed by atoms with Crippen molar-refractivity contribution in [3.05, 3.63) is 23.8 Å². The molecule has 0 atom stereocenters. The second-order valence-electron chi connectivity index (χ2n) is 4.07. The zero-order valence-corrected chi connectivity index (χ0v) is 10.6. The van der Waals surface area contributed by atoms with Crippen molar-refractivity contribution in [1.82, 2.24) is 5.32 Å². The van der Waals surface area contributed by atoms with Gasteiger partial charge in [-0.2, -0.15) is 0 Å². The van der Waals surface area contributed by atoms with E-state index in [0.29, 0.717) is 17.9 Å². The van der Waals surface area contributed by atoms with Crippen LogP contribution in [0.2, 0.25) is 0 Å². The lowest BCUT2D eigenvalue weighted by atomic mass is 10.1. The van der Waals surface area contributed by atoms with Gasteiger partial charge in [0.1, 0.15) is 5.75 Å². The first-order valence-electron chi connectivity index (χ1n) is 5.98. The average Bonchev–Trinajstić information content (AvgIpc) is 2.33. The molecule has 100 valence electrons. The van der Waals surface area contributed by atoms with E-state index in [2.05, 4.69) is 5.32 Å². The maximum absolute atomic E-state index is 10.3. The number of carboxylic acids is 1. The summed E-state index contributed by atoms with van der Waals surface area (Å²) in [7, 11) is 1.59. The number of hydrogen-bond donors (Lipinski definition) is 3. The van der Waals surface area contributed by atoms with Gasteiger partial charge in [0.25, 0.3) is 0 Å². The summed E-state index contributed by atoms with van der Waals surface area (Å²) in [4.78, 5) is 10.3. The maximum Gasteiger partial charge on any atom is 0.303 e. The molecule has 0 amide bonds. The van der Waals surface area contributed by atoms with Crippen LogP contribution in [0.1, 0.15) is 18.4 Å². The number of nitrogen functional groups attached to an aromatic ring is 1. The Labute approximate surface area is 107 Å². The molecule has 5 heteroatoms. The van der Waals surface area contributed by atoms with Crippen LogP contribution in [0.15, 0.2) is 18.2 Å². The Balaban J connectivity index is 2.23. The summed E-state index contributed by atoms with van der Waals surface area (Å²) in [6.45, 7) is 1.53. The summed E-state index contributed by atoms with van der Waals surface area (Å²) in [5, 5.41) is 11.7. The number of hydrogen-bond acceptors (Lipinski definition) is 4. The minimum absolute atomic E-state index is 0.211. The van der Waals surface area contributed by atoms with Gasteiger partial charge < -0.3 is 20.9 Å². The molecular weight excluding hydrogens is 232 g/mol. The molecule has 0 saturated heterocycles. The van der Waals surface area contributed by atoms with E-state index in [1.807, 2.05) is 18.2 Å². The molecule has 0 heterocycles. The lowest BCUT2D eigenvalue weighted by Gasteiger charge is -2.08. The highest BCUT2D eigenvalue weighted by Gasteiger charge is 2.00. The highest BCUT2D eigenvalue weighted by molar-refractivity contribution is 5.66. The van der Waals surface area contributed by atoms with Crippen LogP contribution in [-0.4, -0.2) is 31.3 Å². The Morgan fingerprint density at radius 3 is 2.83 bits per heavy atom. The van der Waals surface area contributed by atoms with Crippen LogP contribution < -0.4 is 15.8 Å². The summed E-state index contributed by atoms with van der Waals surface area (Å²) >= 11 is 0. The number of carboxylic acid groups (broad SMARTS) is 1. The number of anilines is 1. The van der Waals surface area contributed by atoms with Gasteiger partial charge in [0, 0.05) is 6.42 Å². The first-order chi connectivity index (χ1) is 8.63. The first-order valence-corrected chi connectivity index (χ1v) is 5.98. The topological polar surface area (TPSA) is 84.6 Å². The number of nitrogens with two attached hydrogens (primary N) is 1. The molecule has 0 aliphatic rings. The maximum atomic E-state index is 10.3. The molecule has 18 heavy (non-hydrogen) atoms. The molecule has 0 aliphatic carbocycles. The van der Waals surface area contributed by atoms with Crippen LogP contribution in [0.4, 0.5) is 5.69 Å². The van der Waals surface area contributed by atoms with E-state index in [-0.39, 0.29) is 6.42 Å². The zero-order valence-electron chi connectivity index (χ0n) is 10.6. The SMILES string of the molecule is COc1ccc(CCNCCCC(=O)O)cc1N. The van der Waals surface area contributed by atoms with E-state index in [9.17, 15) is 4.79 Å². The monoisotopic (exact) mass is 252 g/mol. The van der Waals surface area contributed by atoms with Crippen molar-refractivity contribution >= 4 is 11.7 Å². The fourth-order valence-electron chi connectivity index (χ4n) is 1.66. The number of ether oxygens (including phenoxy) is 1. The molecule has 0 unspecified atom stereocenters. The Morgan fingerprint density at radius 2 is 2.22 bits per heavy atom. The fourth-order valence-corrected chi connectivity index (χ4v) is 1.66. The Bertz CT molecular complexity index is 394. The minimum Gasteiger partial charge on any atom is -0.495 e. The zero-order chi connectivity index (χ0) is 13.4. The first kappa shape index (κ1) is 14.3. The van der Waals surface area contributed by atoms with Crippen LogP contribution >= 0.6 is 0 Å². The van der Waals surface area contributed by atoms with Gasteiger partial charge in [-0.15, -0.1) is 0 Å². The molecule has 0 radical (unpaired) electrons. The molecule has 0 spiro atoms. The number of methoxy groups -OCH3 is 1. The highest BCUT2D eigenvalue weighted by Crippen LogP contribution is 2.21. The van der Waals surface area contributed by atoms with E-state index in [4.69, 9.17) is 15.6 Å². The van der Waals surface area contributed by atoms with Crippen molar-refractivity contribution < 1.29 is 14.6 Å². The van der Waals surface area contributed by atoms with E-state index in [0.717, 1.165) is 25.1 Å². The number of aliphatic carboxylic acids is 1. The second-order valence-corrected chi connectivity index (χ2v) is 4.07. The van der Waals surface area contributed by atoms with Crippen LogP contribution in [0.5, 0.6) is 5.75 Å². The van der Waals surface area contributed by atoms with Crippen molar-refractivity contribution in [1.29, 1.82) is 0 Å². The van der Waals surface area contributed by atoms with Gasteiger partial charge in [-0.25, -0.2) is 0 Å². The van der Waals surface area contributed by atoms with E-state index in [1.165, 1.54) is 0 Å². The third kappa shape index (κ3) is 5.05. The predicted molar refractivity (Wildman–Crippen MR) is 70.8 cm³/mol. The molecule has 1 aromatic carbocycles. The quantitative estimate of drug-likeness (QED) is 0.479. The summed E-state index contributed by atoms with van der Waals surface area (Å²) in [5.74, 6) is -0.0621. The molecule has 5 nitrogen and oxygen atoms in total. The van der Waals surface area contributed by atoms with Gasteiger partial charge in [-0.05, 0) is 43.6 Å². The van der Waals surface area contributed by atoms with Crippen LogP contribution in [0.3, 0.4) is 0 Å². The fraction of sp³-hybridized carbons (Fsp3) is 0.462. The molecule has 0 bridgehead atoms. The second kappa shape index (κ2) is 7.55. The molecule has 0 aromatic heterocycles. The van der Waals surface area contributed by atoms with E-state index >= 15 is 0 Å². The van der Waals surface area contributed by atoms with E-state index < -0.39 is 5.97 Å². The largest absolute Gasteiger partial charge is 0.495 e. The summed E-state index contributed by atoms with van der Waals surface area (Å²) in [5.41, 5.74) is 7.58. The predicted octanol–water partition coefficient (Wildman–Crippen LogP) is 1.27. The Morgan fingerprint density at radius 1 is 1.44 bits per heavy atom. The van der Waals surface area contributed by atoms with Gasteiger partial charge in [0.15, 0.2) is 0 Å². The van der Waals surface area contributed by atoms with Crippen molar-refractivity contribution in [3.8, 4) is 5.75 Å². The van der Waals surface area contributed by atoms with Gasteiger partial charge in [-0.3, -0.25) is 4.79 Å². The minimum atomic E-state index is -0.750. The molecule has 4 N–H and O–H groups in total.